The first-order valence-electron chi connectivity index (χ1n) is 4.01. The molecule has 0 spiro atoms. The van der Waals surface area contributed by atoms with Crippen molar-refractivity contribution >= 4 is 5.69 Å². The Morgan fingerprint density at radius 3 is 2.58 bits per heavy atom. The van der Waals surface area contributed by atoms with Gasteiger partial charge in [-0.3, -0.25) is 0 Å². The predicted molar refractivity (Wildman–Crippen MR) is 52.8 cm³/mol. The minimum Gasteiger partial charge on any atom is -0.399 e. The molecule has 0 aromatic heterocycles. The van der Waals surface area contributed by atoms with Crippen molar-refractivity contribution in [3.63, 3.8) is 0 Å². The summed E-state index contributed by atoms with van der Waals surface area (Å²) in [6.45, 7) is 4.50. The molecule has 0 unspecified atom stereocenters. The van der Waals surface area contributed by atoms with Crippen molar-refractivity contribution in [1.82, 2.24) is 5.32 Å². The fourth-order valence-corrected chi connectivity index (χ4v) is 1.00. The zero-order chi connectivity index (χ0) is 8.81. The highest BCUT2D eigenvalue weighted by atomic mass is 14.8. The van der Waals surface area contributed by atoms with Crippen LogP contribution in [0, 0.1) is 0 Å². The summed E-state index contributed by atoms with van der Waals surface area (Å²) >= 11 is 0. The van der Waals surface area contributed by atoms with Crippen molar-refractivity contribution < 1.29 is 0 Å². The highest BCUT2D eigenvalue weighted by molar-refractivity contribution is 5.39. The zero-order valence-corrected chi connectivity index (χ0v) is 7.09. The van der Waals surface area contributed by atoms with Gasteiger partial charge in [0.1, 0.15) is 0 Å². The number of nitrogens with one attached hydrogen (secondary N) is 1. The summed E-state index contributed by atoms with van der Waals surface area (Å²) in [5.74, 6) is 0. The Kier molecular flexibility index (Phi) is 3.20. The molecule has 1 rings (SSSR count). The summed E-state index contributed by atoms with van der Waals surface area (Å²) in [5, 5.41) is 3.04. The first-order chi connectivity index (χ1) is 5.83. The Hall–Kier alpha value is -1.44. The van der Waals surface area contributed by atoms with E-state index in [-0.39, 0.29) is 0 Å². The van der Waals surface area contributed by atoms with Crippen LogP contribution in [0.4, 0.5) is 5.69 Å². The van der Waals surface area contributed by atoms with E-state index >= 15 is 0 Å². The van der Waals surface area contributed by atoms with Crippen molar-refractivity contribution in [2.24, 2.45) is 0 Å². The van der Waals surface area contributed by atoms with Gasteiger partial charge in [-0.25, -0.2) is 0 Å². The molecule has 0 aliphatic heterocycles. The molecular weight excluding hydrogens is 148 g/mol. The third kappa shape index (κ3) is 2.66. The lowest BCUT2D eigenvalue weighted by Crippen LogP contribution is -2.08. The van der Waals surface area contributed by atoms with Gasteiger partial charge >= 0.3 is 0 Å². The number of nitrogens with two attached hydrogens (primary N) is 1. The molecule has 0 aliphatic rings. The Morgan fingerprint density at radius 2 is 2.00 bits per heavy atom. The summed E-state index contributed by atoms with van der Waals surface area (Å²) in [6.07, 6.45) is 2.71. The quantitative estimate of drug-likeness (QED) is 0.520. The number of anilines is 1. The van der Waals surface area contributed by atoms with Gasteiger partial charge in [-0.2, -0.15) is 0 Å². The SMILES string of the molecule is C=CNCCc1ccc(N)cc1. The summed E-state index contributed by atoms with van der Waals surface area (Å²) in [4.78, 5) is 0. The first kappa shape index (κ1) is 8.65. The van der Waals surface area contributed by atoms with Crippen molar-refractivity contribution in [3.8, 4) is 0 Å². The van der Waals surface area contributed by atoms with Crippen LogP contribution in [-0.2, 0) is 6.42 Å². The average Bonchev–Trinajstić information content (AvgIpc) is 2.09. The van der Waals surface area contributed by atoms with Gasteiger partial charge in [0, 0.05) is 12.2 Å². The molecule has 0 aliphatic carbocycles. The van der Waals surface area contributed by atoms with Crippen LogP contribution in [0.5, 0.6) is 0 Å². The highest BCUT2D eigenvalue weighted by Gasteiger charge is 1.90. The first-order valence-corrected chi connectivity index (χ1v) is 4.01. The molecule has 3 N–H and O–H groups in total. The number of nitrogen functional groups attached to an aromatic ring is 1. The van der Waals surface area contributed by atoms with E-state index in [1.54, 1.807) is 6.20 Å². The van der Waals surface area contributed by atoms with Crippen molar-refractivity contribution in [3.05, 3.63) is 42.6 Å². The molecular formula is C10H14N2. The van der Waals surface area contributed by atoms with Crippen LogP contribution in [0.3, 0.4) is 0 Å². The second-order valence-electron chi connectivity index (χ2n) is 2.65. The second-order valence-corrected chi connectivity index (χ2v) is 2.65. The molecule has 12 heavy (non-hydrogen) atoms. The van der Waals surface area contributed by atoms with Crippen LogP contribution >= 0.6 is 0 Å². The van der Waals surface area contributed by atoms with Crippen LogP contribution < -0.4 is 11.1 Å². The molecule has 1 aromatic carbocycles. The molecule has 0 fully saturated rings. The number of rotatable bonds is 4. The Balaban J connectivity index is 2.42. The molecule has 0 radical (unpaired) electrons. The summed E-state index contributed by atoms with van der Waals surface area (Å²) < 4.78 is 0. The minimum atomic E-state index is 0.815. The molecule has 2 heteroatoms. The maximum atomic E-state index is 5.55. The molecule has 0 heterocycles. The van der Waals surface area contributed by atoms with Crippen LogP contribution in [-0.4, -0.2) is 6.54 Å². The lowest BCUT2D eigenvalue weighted by molar-refractivity contribution is 0.834. The third-order valence-corrected chi connectivity index (χ3v) is 1.68. The number of hydrogen-bond acceptors (Lipinski definition) is 2. The van der Waals surface area contributed by atoms with Gasteiger partial charge in [0.05, 0.1) is 0 Å². The highest BCUT2D eigenvalue weighted by Crippen LogP contribution is 2.05. The molecule has 64 valence electrons. The minimum absolute atomic E-state index is 0.815. The Labute approximate surface area is 73.1 Å². The van der Waals surface area contributed by atoms with Crippen molar-refractivity contribution in [2.75, 3.05) is 12.3 Å². The van der Waals surface area contributed by atoms with Gasteiger partial charge in [0.2, 0.25) is 0 Å². The Bertz CT molecular complexity index is 239. The van der Waals surface area contributed by atoms with E-state index in [0.29, 0.717) is 0 Å². The van der Waals surface area contributed by atoms with Gasteiger partial charge in [-0.05, 0) is 30.3 Å². The van der Waals surface area contributed by atoms with Crippen LogP contribution in [0.15, 0.2) is 37.0 Å². The van der Waals surface area contributed by atoms with E-state index in [4.69, 9.17) is 5.73 Å². The third-order valence-electron chi connectivity index (χ3n) is 1.68. The monoisotopic (exact) mass is 162 g/mol. The van der Waals surface area contributed by atoms with E-state index in [0.717, 1.165) is 18.7 Å². The van der Waals surface area contributed by atoms with E-state index in [1.807, 2.05) is 24.3 Å². The molecule has 0 atom stereocenters. The lowest BCUT2D eigenvalue weighted by atomic mass is 10.1. The maximum Gasteiger partial charge on any atom is 0.0314 e. The lowest BCUT2D eigenvalue weighted by Gasteiger charge is -2.01. The fourth-order valence-electron chi connectivity index (χ4n) is 1.00. The second kappa shape index (κ2) is 4.44. The van der Waals surface area contributed by atoms with Gasteiger partial charge in [-0.1, -0.05) is 18.7 Å². The van der Waals surface area contributed by atoms with Crippen molar-refractivity contribution in [2.45, 2.75) is 6.42 Å². The molecule has 0 saturated carbocycles. The van der Waals surface area contributed by atoms with E-state index in [1.165, 1.54) is 5.56 Å². The van der Waals surface area contributed by atoms with Gasteiger partial charge in [0.15, 0.2) is 0 Å². The van der Waals surface area contributed by atoms with Gasteiger partial charge < -0.3 is 11.1 Å². The fraction of sp³-hybridized carbons (Fsp3) is 0.200. The van der Waals surface area contributed by atoms with Crippen LogP contribution in [0.1, 0.15) is 5.56 Å². The standard InChI is InChI=1S/C10H14N2/c1-2-12-8-7-9-3-5-10(11)6-4-9/h2-6,12H,1,7-8,11H2. The average molecular weight is 162 g/mol. The zero-order valence-electron chi connectivity index (χ0n) is 7.09. The van der Waals surface area contributed by atoms with Gasteiger partial charge in [0.25, 0.3) is 0 Å². The van der Waals surface area contributed by atoms with Gasteiger partial charge in [-0.15, -0.1) is 0 Å². The summed E-state index contributed by atoms with van der Waals surface area (Å²) in [6, 6.07) is 7.92. The molecule has 2 nitrogen and oxygen atoms in total. The number of benzene rings is 1. The van der Waals surface area contributed by atoms with Crippen molar-refractivity contribution in [1.29, 1.82) is 0 Å². The Morgan fingerprint density at radius 1 is 1.33 bits per heavy atom. The van der Waals surface area contributed by atoms with E-state index in [2.05, 4.69) is 11.9 Å². The number of hydrogen-bond donors (Lipinski definition) is 2. The maximum absolute atomic E-state index is 5.55. The van der Waals surface area contributed by atoms with Crippen LogP contribution in [0.25, 0.3) is 0 Å². The summed E-state index contributed by atoms with van der Waals surface area (Å²) in [5.41, 5.74) is 7.66. The molecule has 0 saturated heterocycles. The normalized spacial score (nSPS) is 9.33. The van der Waals surface area contributed by atoms with E-state index in [9.17, 15) is 0 Å². The topological polar surface area (TPSA) is 38.0 Å². The van der Waals surface area contributed by atoms with E-state index < -0.39 is 0 Å². The molecule has 0 amide bonds. The molecule has 0 bridgehead atoms. The summed E-state index contributed by atoms with van der Waals surface area (Å²) in [7, 11) is 0. The smallest absolute Gasteiger partial charge is 0.0314 e. The predicted octanol–water partition coefficient (Wildman–Crippen LogP) is 1.54. The molecule has 1 aromatic rings. The largest absolute Gasteiger partial charge is 0.399 e. The van der Waals surface area contributed by atoms with Crippen LogP contribution in [0.2, 0.25) is 0 Å².